The van der Waals surface area contributed by atoms with Gasteiger partial charge in [0.15, 0.2) is 0 Å². The van der Waals surface area contributed by atoms with Gasteiger partial charge >= 0.3 is 0 Å². The summed E-state index contributed by atoms with van der Waals surface area (Å²) in [6, 6.07) is 8.13. The quantitative estimate of drug-likeness (QED) is 0.395. The molecular formula is C12H12ClN3S. The van der Waals surface area contributed by atoms with Crippen molar-refractivity contribution < 1.29 is 0 Å². The zero-order valence-corrected chi connectivity index (χ0v) is 10.9. The third kappa shape index (κ3) is 3.61. The van der Waals surface area contributed by atoms with Crippen LogP contribution < -0.4 is 5.32 Å². The molecule has 1 unspecified atom stereocenters. The van der Waals surface area contributed by atoms with E-state index in [9.17, 15) is 0 Å². The Labute approximate surface area is 110 Å². The van der Waals surface area contributed by atoms with Gasteiger partial charge in [-0.1, -0.05) is 41.4 Å². The molecule has 1 aliphatic heterocycles. The number of rotatable bonds is 3. The summed E-state index contributed by atoms with van der Waals surface area (Å²) >= 11 is 7.43. The molecule has 1 aromatic rings. The highest BCUT2D eigenvalue weighted by Crippen LogP contribution is 2.27. The SMILES string of the molecule is Cc1ccc(C=NSC2(Cl)C=NC=CN2)cc1. The monoisotopic (exact) mass is 265 g/mol. The van der Waals surface area contributed by atoms with Gasteiger partial charge in [-0.15, -0.1) is 0 Å². The van der Waals surface area contributed by atoms with Crippen molar-refractivity contribution in [1.82, 2.24) is 5.32 Å². The van der Waals surface area contributed by atoms with Crippen LogP contribution in [0.15, 0.2) is 46.1 Å². The van der Waals surface area contributed by atoms with Crippen molar-refractivity contribution in [2.45, 2.75) is 11.3 Å². The predicted octanol–water partition coefficient (Wildman–Crippen LogP) is 3.10. The summed E-state index contributed by atoms with van der Waals surface area (Å²) in [5.41, 5.74) is 2.28. The number of halogens is 1. The number of hydrogen-bond acceptors (Lipinski definition) is 4. The van der Waals surface area contributed by atoms with E-state index < -0.39 is 4.33 Å². The second kappa shape index (κ2) is 5.38. The van der Waals surface area contributed by atoms with E-state index in [1.807, 2.05) is 24.3 Å². The van der Waals surface area contributed by atoms with Gasteiger partial charge in [-0.05, 0) is 12.5 Å². The van der Waals surface area contributed by atoms with Gasteiger partial charge in [0.25, 0.3) is 0 Å². The Morgan fingerprint density at radius 3 is 2.82 bits per heavy atom. The smallest absolute Gasteiger partial charge is 0.216 e. The third-order valence-corrected chi connectivity index (χ3v) is 3.26. The number of aliphatic imine (C=N–C) groups is 1. The molecule has 0 fully saturated rings. The second-order valence-electron chi connectivity index (χ2n) is 3.62. The van der Waals surface area contributed by atoms with E-state index in [4.69, 9.17) is 11.6 Å². The lowest BCUT2D eigenvalue weighted by molar-refractivity contribution is 0.888. The van der Waals surface area contributed by atoms with Crippen molar-refractivity contribution in [1.29, 1.82) is 0 Å². The standard InChI is InChI=1S/C12H12ClN3S/c1-10-2-4-11(5-3-10)8-16-17-12(13)9-14-6-7-15-12/h2-9,15H,1H3. The molecular weight excluding hydrogens is 254 g/mol. The maximum Gasteiger partial charge on any atom is 0.216 e. The van der Waals surface area contributed by atoms with Crippen LogP contribution in [0.2, 0.25) is 0 Å². The highest BCUT2D eigenvalue weighted by atomic mass is 35.5. The molecule has 88 valence electrons. The van der Waals surface area contributed by atoms with E-state index in [1.54, 1.807) is 24.8 Å². The van der Waals surface area contributed by atoms with Gasteiger partial charge < -0.3 is 5.32 Å². The Hall–Kier alpha value is -1.26. The van der Waals surface area contributed by atoms with Gasteiger partial charge in [0.05, 0.1) is 6.21 Å². The van der Waals surface area contributed by atoms with E-state index in [1.165, 1.54) is 17.5 Å². The third-order valence-electron chi connectivity index (χ3n) is 2.15. The van der Waals surface area contributed by atoms with Crippen LogP contribution >= 0.6 is 23.5 Å². The lowest BCUT2D eigenvalue weighted by atomic mass is 10.2. The topological polar surface area (TPSA) is 36.8 Å². The molecule has 3 nitrogen and oxygen atoms in total. The first-order valence-electron chi connectivity index (χ1n) is 5.12. The minimum atomic E-state index is -0.782. The van der Waals surface area contributed by atoms with Gasteiger partial charge in [-0.2, -0.15) is 0 Å². The van der Waals surface area contributed by atoms with Crippen molar-refractivity contribution >= 4 is 36.0 Å². The summed E-state index contributed by atoms with van der Waals surface area (Å²) < 4.78 is 3.46. The lowest BCUT2D eigenvalue weighted by Gasteiger charge is -2.20. The number of hydrogen-bond donors (Lipinski definition) is 1. The number of benzene rings is 1. The highest BCUT2D eigenvalue weighted by molar-refractivity contribution is 8.01. The van der Waals surface area contributed by atoms with E-state index in [-0.39, 0.29) is 0 Å². The summed E-state index contributed by atoms with van der Waals surface area (Å²) in [6.07, 6.45) is 6.74. The second-order valence-corrected chi connectivity index (χ2v) is 5.48. The van der Waals surface area contributed by atoms with Crippen molar-refractivity contribution in [2.24, 2.45) is 9.39 Å². The Morgan fingerprint density at radius 1 is 1.41 bits per heavy atom. The summed E-state index contributed by atoms with van der Waals surface area (Å²) in [6.45, 7) is 2.05. The molecule has 1 aromatic carbocycles. The fraction of sp³-hybridized carbons (Fsp3) is 0.167. The fourth-order valence-electron chi connectivity index (χ4n) is 1.24. The summed E-state index contributed by atoms with van der Waals surface area (Å²) in [4.78, 5) is 3.97. The number of nitrogens with zero attached hydrogens (tertiary/aromatic N) is 2. The maximum atomic E-state index is 6.20. The molecule has 1 heterocycles. The Morgan fingerprint density at radius 2 is 2.18 bits per heavy atom. The maximum absolute atomic E-state index is 6.20. The first-order valence-corrected chi connectivity index (χ1v) is 6.27. The molecule has 0 bridgehead atoms. The first-order chi connectivity index (χ1) is 8.18. The Bertz CT molecular complexity index is 467. The van der Waals surface area contributed by atoms with Crippen LogP contribution in [-0.4, -0.2) is 16.8 Å². The van der Waals surface area contributed by atoms with Crippen LogP contribution in [0.25, 0.3) is 0 Å². The molecule has 1 N–H and O–H groups in total. The van der Waals surface area contributed by atoms with E-state index in [0.29, 0.717) is 0 Å². The zero-order valence-electron chi connectivity index (χ0n) is 9.30. The van der Waals surface area contributed by atoms with Gasteiger partial charge in [0.1, 0.15) is 0 Å². The predicted molar refractivity (Wildman–Crippen MR) is 75.7 cm³/mol. The zero-order chi connectivity index (χ0) is 12.1. The average Bonchev–Trinajstić information content (AvgIpc) is 2.32. The molecule has 1 atom stereocenters. The first kappa shape index (κ1) is 12.2. The molecule has 1 aliphatic rings. The lowest BCUT2D eigenvalue weighted by Crippen LogP contribution is -2.35. The minimum Gasteiger partial charge on any atom is -0.357 e. The van der Waals surface area contributed by atoms with E-state index in [2.05, 4.69) is 21.6 Å². The molecule has 0 aromatic heterocycles. The van der Waals surface area contributed by atoms with Crippen LogP contribution in [0.4, 0.5) is 0 Å². The van der Waals surface area contributed by atoms with Crippen molar-refractivity contribution in [3.63, 3.8) is 0 Å². The van der Waals surface area contributed by atoms with Gasteiger partial charge in [0.2, 0.25) is 4.33 Å². The van der Waals surface area contributed by atoms with Crippen LogP contribution in [0.1, 0.15) is 11.1 Å². The number of alkyl halides is 1. The van der Waals surface area contributed by atoms with Crippen molar-refractivity contribution in [3.8, 4) is 0 Å². The summed E-state index contributed by atoms with van der Waals surface area (Å²) in [5.74, 6) is 0. The van der Waals surface area contributed by atoms with Crippen molar-refractivity contribution in [2.75, 3.05) is 0 Å². The number of nitrogens with one attached hydrogen (secondary N) is 1. The molecule has 2 rings (SSSR count). The van der Waals surface area contributed by atoms with Crippen molar-refractivity contribution in [3.05, 3.63) is 47.8 Å². The number of aryl methyl sites for hydroxylation is 1. The Balaban J connectivity index is 1.96. The highest BCUT2D eigenvalue weighted by Gasteiger charge is 2.25. The van der Waals surface area contributed by atoms with E-state index in [0.717, 1.165) is 5.56 Å². The van der Waals surface area contributed by atoms with Crippen LogP contribution in [0.5, 0.6) is 0 Å². The largest absolute Gasteiger partial charge is 0.357 e. The minimum absolute atomic E-state index is 0.782. The van der Waals surface area contributed by atoms with E-state index >= 15 is 0 Å². The van der Waals surface area contributed by atoms with Gasteiger partial charge in [-0.3, -0.25) is 4.99 Å². The van der Waals surface area contributed by atoms with Gasteiger partial charge in [-0.25, -0.2) is 4.40 Å². The molecule has 0 spiro atoms. The van der Waals surface area contributed by atoms with Gasteiger partial charge in [0, 0.05) is 30.6 Å². The normalized spacial score (nSPS) is 22.9. The summed E-state index contributed by atoms with van der Waals surface area (Å²) in [7, 11) is 0. The molecule has 0 amide bonds. The molecule has 17 heavy (non-hydrogen) atoms. The molecule has 0 saturated heterocycles. The fourth-order valence-corrected chi connectivity index (χ4v) is 2.03. The van der Waals surface area contributed by atoms with Crippen LogP contribution in [-0.2, 0) is 0 Å². The Kier molecular flexibility index (Phi) is 3.86. The average molecular weight is 266 g/mol. The van der Waals surface area contributed by atoms with Crippen LogP contribution in [0.3, 0.4) is 0 Å². The molecule has 0 saturated carbocycles. The molecule has 0 radical (unpaired) electrons. The molecule has 0 aliphatic carbocycles. The molecule has 5 heteroatoms. The summed E-state index contributed by atoms with van der Waals surface area (Å²) in [5, 5.41) is 2.98. The van der Waals surface area contributed by atoms with Crippen LogP contribution in [0, 0.1) is 6.92 Å².